The molecule has 7 nitrogen and oxygen atoms in total. The zero-order valence-corrected chi connectivity index (χ0v) is 17.8. The van der Waals surface area contributed by atoms with Crippen LogP contribution in [0.4, 0.5) is 5.13 Å². The lowest BCUT2D eigenvalue weighted by Crippen LogP contribution is -2.43. The number of hydrogen-bond acceptors (Lipinski definition) is 6. The minimum absolute atomic E-state index is 0.169. The SMILES string of the molecule is COc1ccc(S(=O)(=O)N2CCCC(C(=O)Nc3nc(C(C)C)cs3)C2)cc1. The van der Waals surface area contributed by atoms with Gasteiger partial charge in [-0.3, -0.25) is 4.79 Å². The van der Waals surface area contributed by atoms with Gasteiger partial charge in [0, 0.05) is 18.5 Å². The van der Waals surface area contributed by atoms with E-state index in [1.54, 1.807) is 12.1 Å². The Bertz CT molecular complexity index is 923. The fourth-order valence-corrected chi connectivity index (χ4v) is 5.49. The Hall–Kier alpha value is -1.97. The lowest BCUT2D eigenvalue weighted by molar-refractivity contribution is -0.120. The van der Waals surface area contributed by atoms with Gasteiger partial charge < -0.3 is 10.1 Å². The lowest BCUT2D eigenvalue weighted by atomic mass is 9.99. The lowest BCUT2D eigenvalue weighted by Gasteiger charge is -2.31. The van der Waals surface area contributed by atoms with Crippen LogP contribution < -0.4 is 10.1 Å². The normalized spacial score (nSPS) is 18.2. The van der Waals surface area contributed by atoms with Crippen LogP contribution in [0, 0.1) is 5.92 Å². The van der Waals surface area contributed by atoms with Crippen LogP contribution >= 0.6 is 11.3 Å². The summed E-state index contributed by atoms with van der Waals surface area (Å²) in [6.07, 6.45) is 1.30. The van der Waals surface area contributed by atoms with Crippen LogP contribution in [0.3, 0.4) is 0 Å². The first-order chi connectivity index (χ1) is 13.3. The number of ether oxygens (including phenoxy) is 1. The summed E-state index contributed by atoms with van der Waals surface area (Å²) >= 11 is 1.39. The first kappa shape index (κ1) is 20.8. The number of thiazole rings is 1. The summed E-state index contributed by atoms with van der Waals surface area (Å²) in [5.74, 6) is 0.313. The highest BCUT2D eigenvalue weighted by Gasteiger charge is 2.33. The Morgan fingerprint density at radius 1 is 1.32 bits per heavy atom. The summed E-state index contributed by atoms with van der Waals surface area (Å²) in [7, 11) is -2.12. The van der Waals surface area contributed by atoms with Gasteiger partial charge in [-0.1, -0.05) is 13.8 Å². The van der Waals surface area contributed by atoms with E-state index in [1.165, 1.54) is 34.9 Å². The molecule has 1 N–H and O–H groups in total. The summed E-state index contributed by atoms with van der Waals surface area (Å²) in [6, 6.07) is 6.30. The van der Waals surface area contributed by atoms with Gasteiger partial charge >= 0.3 is 0 Å². The molecule has 0 aliphatic carbocycles. The van der Waals surface area contributed by atoms with Crippen molar-refractivity contribution in [3.05, 3.63) is 35.3 Å². The number of anilines is 1. The predicted octanol–water partition coefficient (Wildman–Crippen LogP) is 3.31. The highest BCUT2D eigenvalue weighted by atomic mass is 32.2. The first-order valence-corrected chi connectivity index (χ1v) is 11.5. The first-order valence-electron chi connectivity index (χ1n) is 9.21. The van der Waals surface area contributed by atoms with E-state index in [-0.39, 0.29) is 17.3 Å². The zero-order valence-electron chi connectivity index (χ0n) is 16.2. The highest BCUT2D eigenvalue weighted by molar-refractivity contribution is 7.89. The molecule has 1 saturated heterocycles. The number of sulfonamides is 1. The maximum Gasteiger partial charge on any atom is 0.243 e. The second kappa shape index (κ2) is 8.59. The van der Waals surface area contributed by atoms with Gasteiger partial charge in [0.25, 0.3) is 0 Å². The second-order valence-electron chi connectivity index (χ2n) is 7.10. The average molecular weight is 424 g/mol. The third-order valence-corrected chi connectivity index (χ3v) is 7.45. The minimum atomic E-state index is -3.65. The average Bonchev–Trinajstić information content (AvgIpc) is 3.17. The third-order valence-electron chi connectivity index (χ3n) is 4.80. The Balaban J connectivity index is 1.69. The van der Waals surface area contributed by atoms with Crippen molar-refractivity contribution in [1.82, 2.24) is 9.29 Å². The molecule has 2 aromatic rings. The molecule has 0 spiro atoms. The van der Waals surface area contributed by atoms with Crippen molar-refractivity contribution in [2.24, 2.45) is 5.92 Å². The van der Waals surface area contributed by atoms with Crippen LogP contribution in [0.1, 0.15) is 38.3 Å². The molecule has 1 aromatic carbocycles. The molecule has 0 saturated carbocycles. The summed E-state index contributed by atoms with van der Waals surface area (Å²) < 4.78 is 32.3. The van der Waals surface area contributed by atoms with E-state index in [1.807, 2.05) is 19.2 Å². The van der Waals surface area contributed by atoms with Crippen LogP contribution in [0.25, 0.3) is 0 Å². The molecule has 28 heavy (non-hydrogen) atoms. The number of rotatable bonds is 6. The van der Waals surface area contributed by atoms with Gasteiger partial charge in [0.2, 0.25) is 15.9 Å². The van der Waals surface area contributed by atoms with Crippen molar-refractivity contribution in [2.45, 2.75) is 37.5 Å². The van der Waals surface area contributed by atoms with Gasteiger partial charge in [0.15, 0.2) is 5.13 Å². The summed E-state index contributed by atoms with van der Waals surface area (Å²) in [5.41, 5.74) is 0.938. The van der Waals surface area contributed by atoms with Crippen molar-refractivity contribution in [3.8, 4) is 5.75 Å². The molecular formula is C19H25N3O4S2. The van der Waals surface area contributed by atoms with E-state index >= 15 is 0 Å². The number of benzene rings is 1. The fraction of sp³-hybridized carbons (Fsp3) is 0.474. The molecule has 0 bridgehead atoms. The van der Waals surface area contributed by atoms with Gasteiger partial charge in [0.1, 0.15) is 5.75 Å². The van der Waals surface area contributed by atoms with Gasteiger partial charge in [0.05, 0.1) is 23.6 Å². The molecule has 1 atom stereocenters. The molecule has 1 aliphatic rings. The number of nitrogens with zero attached hydrogens (tertiary/aromatic N) is 2. The second-order valence-corrected chi connectivity index (χ2v) is 9.90. The molecular weight excluding hydrogens is 398 g/mol. The number of carbonyl (C=O) groups excluding carboxylic acids is 1. The molecule has 1 aromatic heterocycles. The molecule has 1 unspecified atom stereocenters. The van der Waals surface area contributed by atoms with Gasteiger partial charge in [-0.05, 0) is 43.0 Å². The molecule has 2 heterocycles. The Kier molecular flexibility index (Phi) is 6.36. The Morgan fingerprint density at radius 3 is 2.64 bits per heavy atom. The van der Waals surface area contributed by atoms with Crippen molar-refractivity contribution < 1.29 is 17.9 Å². The van der Waals surface area contributed by atoms with Crippen LogP contribution in [0.5, 0.6) is 5.75 Å². The Morgan fingerprint density at radius 2 is 2.04 bits per heavy atom. The van der Waals surface area contributed by atoms with E-state index in [0.29, 0.717) is 36.2 Å². The maximum atomic E-state index is 12.9. The van der Waals surface area contributed by atoms with Gasteiger partial charge in [-0.25, -0.2) is 13.4 Å². The number of amides is 1. The van der Waals surface area contributed by atoms with Crippen LogP contribution in [-0.2, 0) is 14.8 Å². The monoisotopic (exact) mass is 423 g/mol. The molecule has 152 valence electrons. The van der Waals surface area contributed by atoms with Crippen molar-refractivity contribution >= 4 is 32.4 Å². The molecule has 1 amide bonds. The number of methoxy groups -OCH3 is 1. The standard InChI is InChI=1S/C19H25N3O4S2/c1-13(2)17-12-27-19(20-17)21-18(23)14-5-4-10-22(11-14)28(24,25)16-8-6-15(26-3)7-9-16/h6-9,12-14H,4-5,10-11H2,1-3H3,(H,20,21,23). The van der Waals surface area contributed by atoms with E-state index < -0.39 is 15.9 Å². The van der Waals surface area contributed by atoms with Gasteiger partial charge in [-0.15, -0.1) is 11.3 Å². The number of hydrogen-bond donors (Lipinski definition) is 1. The quantitative estimate of drug-likeness (QED) is 0.770. The van der Waals surface area contributed by atoms with E-state index in [2.05, 4.69) is 10.3 Å². The van der Waals surface area contributed by atoms with Gasteiger partial charge in [-0.2, -0.15) is 4.31 Å². The molecule has 1 fully saturated rings. The maximum absolute atomic E-state index is 12.9. The number of nitrogens with one attached hydrogen (secondary N) is 1. The van der Waals surface area contributed by atoms with E-state index in [4.69, 9.17) is 4.74 Å². The number of carbonyl (C=O) groups is 1. The fourth-order valence-electron chi connectivity index (χ4n) is 3.09. The number of aromatic nitrogens is 1. The summed E-state index contributed by atoms with van der Waals surface area (Å²) in [5, 5.41) is 5.34. The zero-order chi connectivity index (χ0) is 20.3. The van der Waals surface area contributed by atoms with E-state index in [9.17, 15) is 13.2 Å². The van der Waals surface area contributed by atoms with Crippen LogP contribution in [0.2, 0.25) is 0 Å². The predicted molar refractivity (Wildman–Crippen MR) is 109 cm³/mol. The molecule has 9 heteroatoms. The smallest absolute Gasteiger partial charge is 0.243 e. The van der Waals surface area contributed by atoms with E-state index in [0.717, 1.165) is 5.69 Å². The van der Waals surface area contributed by atoms with Crippen LogP contribution in [0.15, 0.2) is 34.5 Å². The third kappa shape index (κ3) is 4.53. The summed E-state index contributed by atoms with van der Waals surface area (Å²) in [6.45, 7) is 4.67. The number of piperidine rings is 1. The molecule has 3 rings (SSSR count). The highest BCUT2D eigenvalue weighted by Crippen LogP contribution is 2.27. The molecule has 0 radical (unpaired) electrons. The topological polar surface area (TPSA) is 88.6 Å². The van der Waals surface area contributed by atoms with Crippen molar-refractivity contribution in [1.29, 1.82) is 0 Å². The van der Waals surface area contributed by atoms with Crippen LogP contribution in [-0.4, -0.2) is 43.8 Å². The molecule has 1 aliphatic heterocycles. The Labute approximate surface area is 169 Å². The largest absolute Gasteiger partial charge is 0.497 e. The van der Waals surface area contributed by atoms with Crippen molar-refractivity contribution in [2.75, 3.05) is 25.5 Å². The summed E-state index contributed by atoms with van der Waals surface area (Å²) in [4.78, 5) is 17.3. The van der Waals surface area contributed by atoms with Crippen molar-refractivity contribution in [3.63, 3.8) is 0 Å². The minimum Gasteiger partial charge on any atom is -0.497 e.